The van der Waals surface area contributed by atoms with Gasteiger partial charge in [0.15, 0.2) is 5.82 Å². The Morgan fingerprint density at radius 3 is 2.74 bits per heavy atom. The summed E-state index contributed by atoms with van der Waals surface area (Å²) in [6, 6.07) is 7.22. The number of fused-ring (bicyclic) bond motifs is 1. The largest absolute Gasteiger partial charge is 0.398 e. The van der Waals surface area contributed by atoms with Crippen molar-refractivity contribution in [2.24, 2.45) is 0 Å². The minimum atomic E-state index is -4.27. The van der Waals surface area contributed by atoms with Gasteiger partial charge >= 0.3 is 0 Å². The van der Waals surface area contributed by atoms with Crippen LogP contribution in [0, 0.1) is 11.6 Å². The van der Waals surface area contributed by atoms with Crippen LogP contribution in [0.5, 0.6) is 0 Å². The molecule has 7 nitrogen and oxygen atoms in total. The van der Waals surface area contributed by atoms with E-state index in [1.165, 1.54) is 48.4 Å². The van der Waals surface area contributed by atoms with Crippen molar-refractivity contribution < 1.29 is 22.0 Å². The number of anilines is 2. The number of hydrogen-bond donors (Lipinski definition) is 3. The molecule has 0 saturated carbocycles. The van der Waals surface area contributed by atoms with Crippen LogP contribution in [-0.2, 0) is 10.0 Å². The first-order chi connectivity index (χ1) is 16.1. The van der Waals surface area contributed by atoms with E-state index in [1.807, 2.05) is 6.92 Å². The number of carbonyl (C=O) groups is 1. The molecule has 4 N–H and O–H groups in total. The van der Waals surface area contributed by atoms with Crippen LogP contribution < -0.4 is 10.5 Å². The van der Waals surface area contributed by atoms with Gasteiger partial charge in [0.05, 0.1) is 21.2 Å². The highest BCUT2D eigenvalue weighted by atomic mass is 35.5. The van der Waals surface area contributed by atoms with E-state index in [2.05, 4.69) is 14.7 Å². The van der Waals surface area contributed by atoms with Crippen LogP contribution in [-0.4, -0.2) is 29.9 Å². The Bertz CT molecular complexity index is 1540. The highest BCUT2D eigenvalue weighted by molar-refractivity contribution is 7.99. The standard InChI is InChI=1S/C22H17ClF2N4O3S2/c1-2-33-18-8-12(3-5-16(18)26)34(31,32)29-17-6-4-15(24)19(20(17)25)21(30)14-10-28-22-13(14)7-11(23)9-27-22/h3-10,29H,2,26H2,1H3,(H,27,28). The van der Waals surface area contributed by atoms with Gasteiger partial charge in [0, 0.05) is 33.9 Å². The number of nitrogens with zero attached hydrogens (tertiary/aromatic N) is 1. The Morgan fingerprint density at radius 2 is 2.00 bits per heavy atom. The zero-order chi connectivity index (χ0) is 24.6. The molecule has 0 bridgehead atoms. The van der Waals surface area contributed by atoms with E-state index in [1.54, 1.807) is 0 Å². The summed E-state index contributed by atoms with van der Waals surface area (Å²) in [7, 11) is -4.27. The average Bonchev–Trinajstić information content (AvgIpc) is 3.20. The number of ketones is 1. The van der Waals surface area contributed by atoms with E-state index < -0.39 is 38.7 Å². The van der Waals surface area contributed by atoms with Gasteiger partial charge in [-0.05, 0) is 42.2 Å². The molecule has 2 heterocycles. The monoisotopic (exact) mass is 522 g/mol. The summed E-state index contributed by atoms with van der Waals surface area (Å²) in [5.74, 6) is -2.84. The summed E-state index contributed by atoms with van der Waals surface area (Å²) in [5, 5.41) is 0.498. The highest BCUT2D eigenvalue weighted by Crippen LogP contribution is 2.31. The third-order valence-electron chi connectivity index (χ3n) is 4.90. The van der Waals surface area contributed by atoms with Crippen molar-refractivity contribution in [3.8, 4) is 0 Å². The quantitative estimate of drug-likeness (QED) is 0.174. The smallest absolute Gasteiger partial charge is 0.262 e. The maximum absolute atomic E-state index is 15.3. The zero-order valence-corrected chi connectivity index (χ0v) is 19.9. The predicted octanol–water partition coefficient (Wildman–Crippen LogP) is 5.22. The van der Waals surface area contributed by atoms with Crippen LogP contribution >= 0.6 is 23.4 Å². The molecule has 176 valence electrons. The van der Waals surface area contributed by atoms with Gasteiger partial charge in [-0.3, -0.25) is 9.52 Å². The number of pyridine rings is 1. The van der Waals surface area contributed by atoms with Crippen LogP contribution in [0.15, 0.2) is 58.6 Å². The molecule has 2 aromatic carbocycles. The van der Waals surface area contributed by atoms with Crippen LogP contribution in [0.4, 0.5) is 20.2 Å². The number of nitrogens with one attached hydrogen (secondary N) is 2. The molecule has 0 amide bonds. The average molecular weight is 523 g/mol. The second kappa shape index (κ2) is 9.24. The molecule has 0 aliphatic carbocycles. The summed E-state index contributed by atoms with van der Waals surface area (Å²) in [6.07, 6.45) is 2.61. The van der Waals surface area contributed by atoms with Crippen molar-refractivity contribution in [1.29, 1.82) is 0 Å². The van der Waals surface area contributed by atoms with Crippen LogP contribution in [0.25, 0.3) is 11.0 Å². The first-order valence-electron chi connectivity index (χ1n) is 9.83. The fourth-order valence-electron chi connectivity index (χ4n) is 3.31. The first kappa shape index (κ1) is 24.0. The third kappa shape index (κ3) is 4.46. The van der Waals surface area contributed by atoms with Gasteiger partial charge in [-0.25, -0.2) is 22.2 Å². The molecule has 0 fully saturated rings. The minimum absolute atomic E-state index is 0.0671. The van der Waals surface area contributed by atoms with Crippen molar-refractivity contribution in [1.82, 2.24) is 9.97 Å². The third-order valence-corrected chi connectivity index (χ3v) is 7.42. The summed E-state index contributed by atoms with van der Waals surface area (Å²) in [4.78, 5) is 20.2. The number of nitrogen functional groups attached to an aromatic ring is 1. The molecule has 2 aromatic heterocycles. The number of sulfonamides is 1. The number of nitrogens with two attached hydrogens (primary N) is 1. The predicted molar refractivity (Wildman–Crippen MR) is 129 cm³/mol. The molecule has 4 aromatic rings. The SMILES string of the molecule is CCSc1cc(S(=O)(=O)Nc2ccc(F)c(C(=O)c3c[nH]c4ncc(Cl)cc34)c2F)ccc1N. The number of carbonyl (C=O) groups excluding carboxylic acids is 1. The number of thioether (sulfide) groups is 1. The molecular formula is C22H17ClF2N4O3S2. The topological polar surface area (TPSA) is 118 Å². The van der Waals surface area contributed by atoms with Crippen LogP contribution in [0.2, 0.25) is 5.02 Å². The zero-order valence-electron chi connectivity index (χ0n) is 17.5. The maximum Gasteiger partial charge on any atom is 0.262 e. The van der Waals surface area contributed by atoms with Crippen molar-refractivity contribution in [2.75, 3.05) is 16.2 Å². The normalized spacial score (nSPS) is 11.6. The first-order valence-corrected chi connectivity index (χ1v) is 12.7. The highest BCUT2D eigenvalue weighted by Gasteiger charge is 2.26. The second-order valence-corrected chi connectivity index (χ2v) is 10.5. The van der Waals surface area contributed by atoms with Crippen LogP contribution in [0.1, 0.15) is 22.8 Å². The van der Waals surface area contributed by atoms with Gasteiger partial charge in [-0.15, -0.1) is 11.8 Å². The number of H-pyrrole nitrogens is 1. The Kier molecular flexibility index (Phi) is 6.52. The maximum atomic E-state index is 15.3. The Hall–Kier alpha value is -3.15. The lowest BCUT2D eigenvalue weighted by Crippen LogP contribution is -2.16. The number of aromatic amines is 1. The van der Waals surface area contributed by atoms with Crippen molar-refractivity contribution in [2.45, 2.75) is 16.7 Å². The molecule has 34 heavy (non-hydrogen) atoms. The van der Waals surface area contributed by atoms with E-state index in [9.17, 15) is 17.6 Å². The van der Waals surface area contributed by atoms with E-state index in [-0.39, 0.29) is 20.9 Å². The molecule has 0 spiro atoms. The molecule has 0 saturated heterocycles. The number of halogens is 3. The number of rotatable bonds is 7. The van der Waals surface area contributed by atoms with E-state index >= 15 is 4.39 Å². The van der Waals surface area contributed by atoms with E-state index in [4.69, 9.17) is 17.3 Å². The summed E-state index contributed by atoms with van der Waals surface area (Å²) in [6.45, 7) is 1.88. The van der Waals surface area contributed by atoms with Gasteiger partial charge in [-0.2, -0.15) is 0 Å². The number of aromatic nitrogens is 2. The van der Waals surface area contributed by atoms with Gasteiger partial charge in [0.1, 0.15) is 11.5 Å². The van der Waals surface area contributed by atoms with Crippen LogP contribution in [0.3, 0.4) is 0 Å². The van der Waals surface area contributed by atoms with Gasteiger partial charge < -0.3 is 10.7 Å². The van der Waals surface area contributed by atoms with Gasteiger partial charge in [0.2, 0.25) is 5.78 Å². The van der Waals surface area contributed by atoms with Gasteiger partial charge in [0.25, 0.3) is 10.0 Å². The fraction of sp³-hybridized carbons (Fsp3) is 0.0909. The Labute approximate surface area is 202 Å². The van der Waals surface area contributed by atoms with E-state index in [0.717, 1.165) is 12.1 Å². The molecule has 0 unspecified atom stereocenters. The summed E-state index contributed by atoms with van der Waals surface area (Å²) >= 11 is 7.28. The molecule has 12 heteroatoms. The lowest BCUT2D eigenvalue weighted by atomic mass is 10.0. The van der Waals surface area contributed by atoms with Crippen molar-refractivity contribution in [3.05, 3.63) is 76.6 Å². The molecule has 4 rings (SSSR count). The lowest BCUT2D eigenvalue weighted by Gasteiger charge is -2.13. The minimum Gasteiger partial charge on any atom is -0.398 e. The number of benzene rings is 2. The second-order valence-electron chi connectivity index (χ2n) is 7.10. The molecule has 0 aliphatic heterocycles. The van der Waals surface area contributed by atoms with Gasteiger partial charge in [-0.1, -0.05) is 18.5 Å². The van der Waals surface area contributed by atoms with Crippen molar-refractivity contribution >= 4 is 61.6 Å². The summed E-state index contributed by atoms with van der Waals surface area (Å²) < 4.78 is 57.8. The van der Waals surface area contributed by atoms with E-state index in [0.29, 0.717) is 22.0 Å². The molecular weight excluding hydrogens is 506 g/mol. The molecule has 0 aliphatic rings. The molecule has 0 radical (unpaired) electrons. The summed E-state index contributed by atoms with van der Waals surface area (Å²) in [5.41, 5.74) is 5.01. The number of hydrogen-bond acceptors (Lipinski definition) is 6. The molecule has 0 atom stereocenters. The fourth-order valence-corrected chi connectivity index (χ4v) is 5.38. The Morgan fingerprint density at radius 1 is 1.24 bits per heavy atom. The van der Waals surface area contributed by atoms with Crippen molar-refractivity contribution in [3.63, 3.8) is 0 Å². The lowest BCUT2D eigenvalue weighted by molar-refractivity contribution is 0.103. The Balaban J connectivity index is 1.74.